The van der Waals surface area contributed by atoms with Crippen LogP contribution in [0.1, 0.15) is 65.5 Å². The highest BCUT2D eigenvalue weighted by atomic mass is 32.1. The van der Waals surface area contributed by atoms with Crippen molar-refractivity contribution in [3.63, 3.8) is 0 Å². The van der Waals surface area contributed by atoms with Crippen molar-refractivity contribution in [2.45, 2.75) is 58.1 Å². The minimum Gasteiger partial charge on any atom is -0.496 e. The first kappa shape index (κ1) is 30.1. The van der Waals surface area contributed by atoms with E-state index in [1.54, 1.807) is 7.11 Å². The fourth-order valence-corrected chi connectivity index (χ4v) is 7.94. The molecule has 1 fully saturated rings. The highest BCUT2D eigenvalue weighted by molar-refractivity contribution is 7.15. The molecule has 0 saturated heterocycles. The molecule has 0 spiro atoms. The summed E-state index contributed by atoms with van der Waals surface area (Å²) in [6.07, 6.45) is 0.905. The first-order valence-electron chi connectivity index (χ1n) is 13.9. The van der Waals surface area contributed by atoms with Gasteiger partial charge in [0.15, 0.2) is 5.13 Å². The Balaban J connectivity index is 1.46. The number of methoxy groups -OCH3 is 1. The van der Waals surface area contributed by atoms with Gasteiger partial charge in [-0.1, -0.05) is 38.1 Å². The van der Waals surface area contributed by atoms with E-state index in [2.05, 4.69) is 17.6 Å². The Morgan fingerprint density at radius 3 is 2.55 bits per heavy atom. The minimum atomic E-state index is -0.982. The van der Waals surface area contributed by atoms with Gasteiger partial charge in [0, 0.05) is 34.7 Å². The number of aromatic nitrogens is 1. The normalized spacial score (nSPS) is 26.6. The molecule has 0 bridgehead atoms. The standard InChI is InChI=1S/C31H35F2N3O5S/c1-30-12-11-24(38)31(2,16-37)23(30)14-22-27(18(30)13-25(39)34-15-17-7-4-5-10-21(17)41-3)35-29(42-22)36-28(40)26-19(32)8-6-9-20(26)33/h4-10,18,23-24,37-38H,11-16H2,1-3H3,(H,34,39)(H,35,36,40)/t18?,23?,24?,30-,31-/m0/s1. The maximum Gasteiger partial charge on any atom is 0.263 e. The number of carbonyl (C=O) groups excluding carboxylic acids is 2. The lowest BCUT2D eigenvalue weighted by atomic mass is 9.47. The SMILES string of the molecule is COc1ccccc1CNC(=O)CC1c2nc(NC(=O)c3c(F)cccc3F)sc2CC2[C@@]1(C)CCC(O)[C@@]2(C)CO. The van der Waals surface area contributed by atoms with Gasteiger partial charge in [-0.15, -0.1) is 11.3 Å². The molecule has 1 saturated carbocycles. The lowest BCUT2D eigenvalue weighted by Crippen LogP contribution is -2.57. The number of nitrogens with one attached hydrogen (secondary N) is 2. The summed E-state index contributed by atoms with van der Waals surface area (Å²) in [6, 6.07) is 10.6. The molecule has 2 aliphatic carbocycles. The van der Waals surface area contributed by atoms with Crippen molar-refractivity contribution in [3.05, 3.63) is 75.8 Å². The number of rotatable bonds is 8. The van der Waals surface area contributed by atoms with Crippen LogP contribution in [-0.4, -0.2) is 46.8 Å². The number of fused-ring (bicyclic) bond motifs is 2. The maximum absolute atomic E-state index is 14.3. The number of halogens is 2. The van der Waals surface area contributed by atoms with Gasteiger partial charge < -0.3 is 20.3 Å². The highest BCUT2D eigenvalue weighted by Gasteiger charge is 2.59. The average molecular weight is 600 g/mol. The van der Waals surface area contributed by atoms with Crippen LogP contribution in [0.3, 0.4) is 0 Å². The van der Waals surface area contributed by atoms with Gasteiger partial charge in [-0.2, -0.15) is 0 Å². The summed E-state index contributed by atoms with van der Waals surface area (Å²) in [7, 11) is 1.57. The third kappa shape index (κ3) is 5.29. The molecule has 1 heterocycles. The van der Waals surface area contributed by atoms with Gasteiger partial charge in [-0.3, -0.25) is 14.9 Å². The van der Waals surface area contributed by atoms with Crippen LogP contribution in [0.25, 0.3) is 0 Å². The Kier molecular flexibility index (Phi) is 8.37. The van der Waals surface area contributed by atoms with E-state index in [9.17, 15) is 28.6 Å². The van der Waals surface area contributed by atoms with E-state index in [0.29, 0.717) is 30.7 Å². The lowest BCUT2D eigenvalue weighted by Gasteiger charge is -2.58. The summed E-state index contributed by atoms with van der Waals surface area (Å²) in [5, 5.41) is 27.1. The third-order valence-corrected chi connectivity index (χ3v) is 10.4. The quantitative estimate of drug-likeness (QED) is 0.295. The summed E-state index contributed by atoms with van der Waals surface area (Å²) in [5.41, 5.74) is -0.546. The van der Waals surface area contributed by atoms with Gasteiger partial charge >= 0.3 is 0 Å². The van der Waals surface area contributed by atoms with Crippen molar-refractivity contribution in [3.8, 4) is 5.75 Å². The maximum atomic E-state index is 14.3. The van der Waals surface area contributed by atoms with Gasteiger partial charge in [0.1, 0.15) is 22.9 Å². The molecule has 42 heavy (non-hydrogen) atoms. The van der Waals surface area contributed by atoms with Crippen LogP contribution in [0, 0.1) is 28.4 Å². The first-order valence-corrected chi connectivity index (χ1v) is 14.8. The Morgan fingerprint density at radius 1 is 1.14 bits per heavy atom. The Morgan fingerprint density at radius 2 is 1.86 bits per heavy atom. The minimum absolute atomic E-state index is 0.0891. The predicted molar refractivity (Wildman–Crippen MR) is 154 cm³/mol. The van der Waals surface area contributed by atoms with E-state index in [1.807, 2.05) is 31.2 Å². The molecule has 5 rings (SSSR count). The second kappa shape index (κ2) is 11.7. The van der Waals surface area contributed by atoms with Crippen molar-refractivity contribution < 1.29 is 33.3 Å². The molecule has 3 aromatic rings. The number of ether oxygens (including phenoxy) is 1. The number of thiazole rings is 1. The topological polar surface area (TPSA) is 121 Å². The smallest absolute Gasteiger partial charge is 0.263 e. The molecule has 0 aliphatic heterocycles. The van der Waals surface area contributed by atoms with Gasteiger partial charge in [0.05, 0.1) is 25.5 Å². The molecule has 2 aromatic carbocycles. The van der Waals surface area contributed by atoms with Crippen LogP contribution in [0.15, 0.2) is 42.5 Å². The van der Waals surface area contributed by atoms with E-state index in [-0.39, 0.29) is 36.5 Å². The van der Waals surface area contributed by atoms with Crippen LogP contribution in [0.4, 0.5) is 13.9 Å². The predicted octanol–water partition coefficient (Wildman–Crippen LogP) is 4.80. The zero-order valence-electron chi connectivity index (χ0n) is 23.7. The van der Waals surface area contributed by atoms with Crippen LogP contribution < -0.4 is 15.4 Å². The molecular weight excluding hydrogens is 564 g/mol. The van der Waals surface area contributed by atoms with Gasteiger partial charge in [0.2, 0.25) is 5.91 Å². The van der Waals surface area contributed by atoms with Crippen molar-refractivity contribution >= 4 is 28.3 Å². The number of para-hydroxylation sites is 1. The number of carbonyl (C=O) groups is 2. The van der Waals surface area contributed by atoms with Crippen molar-refractivity contribution in [1.29, 1.82) is 0 Å². The van der Waals surface area contributed by atoms with Crippen molar-refractivity contribution in [2.24, 2.45) is 16.7 Å². The molecule has 5 atom stereocenters. The van der Waals surface area contributed by atoms with Gasteiger partial charge in [-0.25, -0.2) is 13.8 Å². The largest absolute Gasteiger partial charge is 0.496 e. The summed E-state index contributed by atoms with van der Waals surface area (Å²) in [4.78, 5) is 31.8. The second-order valence-corrected chi connectivity index (χ2v) is 12.8. The number of nitrogens with zero attached hydrogens (tertiary/aromatic N) is 1. The lowest BCUT2D eigenvalue weighted by molar-refractivity contribution is -0.144. The molecule has 1 aromatic heterocycles. The summed E-state index contributed by atoms with van der Waals surface area (Å²) < 4.78 is 33.9. The first-order chi connectivity index (χ1) is 20.0. The highest BCUT2D eigenvalue weighted by Crippen LogP contribution is 2.62. The monoisotopic (exact) mass is 599 g/mol. The number of anilines is 1. The molecule has 8 nitrogen and oxygen atoms in total. The molecule has 224 valence electrons. The van der Waals surface area contributed by atoms with Gasteiger partial charge in [0.25, 0.3) is 5.91 Å². The number of hydrogen-bond donors (Lipinski definition) is 4. The molecule has 2 aliphatic rings. The van der Waals surface area contributed by atoms with Crippen LogP contribution in [0.2, 0.25) is 0 Å². The van der Waals surface area contributed by atoms with Crippen molar-refractivity contribution in [2.75, 3.05) is 19.0 Å². The second-order valence-electron chi connectivity index (χ2n) is 11.7. The Labute approximate surface area is 247 Å². The van der Waals surface area contributed by atoms with E-state index in [1.165, 1.54) is 17.4 Å². The molecule has 0 radical (unpaired) electrons. The molecule has 3 unspecified atom stereocenters. The summed E-state index contributed by atoms with van der Waals surface area (Å²) in [6.45, 7) is 3.98. The van der Waals surface area contributed by atoms with E-state index in [0.717, 1.165) is 22.6 Å². The molecule has 11 heteroatoms. The number of hydrogen-bond acceptors (Lipinski definition) is 7. The van der Waals surface area contributed by atoms with E-state index >= 15 is 0 Å². The zero-order valence-corrected chi connectivity index (χ0v) is 24.6. The van der Waals surface area contributed by atoms with Crippen LogP contribution in [0.5, 0.6) is 5.75 Å². The molecular formula is C31H35F2N3O5S. The number of amides is 2. The number of aliphatic hydroxyl groups is 2. The van der Waals surface area contributed by atoms with Gasteiger partial charge in [-0.05, 0) is 48.8 Å². The van der Waals surface area contributed by atoms with Crippen molar-refractivity contribution in [1.82, 2.24) is 10.3 Å². The fourth-order valence-electron chi connectivity index (χ4n) is 6.87. The number of aliphatic hydroxyl groups excluding tert-OH is 2. The van der Waals surface area contributed by atoms with Crippen LogP contribution >= 0.6 is 11.3 Å². The summed E-state index contributed by atoms with van der Waals surface area (Å²) in [5.74, 6) is -3.05. The van der Waals surface area contributed by atoms with Crippen LogP contribution in [-0.2, 0) is 17.8 Å². The Hall–Kier alpha value is -3.41. The van der Waals surface area contributed by atoms with E-state index in [4.69, 9.17) is 9.72 Å². The fraction of sp³-hybridized carbons (Fsp3) is 0.452. The molecule has 4 N–H and O–H groups in total. The summed E-state index contributed by atoms with van der Waals surface area (Å²) >= 11 is 1.18. The third-order valence-electron chi connectivity index (χ3n) is 9.36. The van der Waals surface area contributed by atoms with E-state index < -0.39 is 46.0 Å². The average Bonchev–Trinajstić information content (AvgIpc) is 3.37. The zero-order chi connectivity index (χ0) is 30.2. The Bertz CT molecular complexity index is 1480. The molecule has 2 amide bonds. The number of benzene rings is 2.